The van der Waals surface area contributed by atoms with E-state index in [9.17, 15) is 0 Å². The first kappa shape index (κ1) is 14.1. The van der Waals surface area contributed by atoms with Crippen molar-refractivity contribution in [3.63, 3.8) is 0 Å². The third kappa shape index (κ3) is 3.83. The van der Waals surface area contributed by atoms with Gasteiger partial charge in [0, 0.05) is 18.7 Å². The molecule has 5 heteroatoms. The Morgan fingerprint density at radius 2 is 2.26 bits per heavy atom. The van der Waals surface area contributed by atoms with Crippen LogP contribution in [0.2, 0.25) is 0 Å². The third-order valence-electron chi connectivity index (χ3n) is 3.09. The molecule has 0 aromatic heterocycles. The van der Waals surface area contributed by atoms with E-state index in [0.717, 1.165) is 36.5 Å². The molecule has 1 fully saturated rings. The van der Waals surface area contributed by atoms with E-state index in [4.69, 9.17) is 19.0 Å². The fraction of sp³-hybridized carbons (Fsp3) is 0.571. The van der Waals surface area contributed by atoms with Crippen molar-refractivity contribution in [2.45, 2.75) is 25.5 Å². The summed E-state index contributed by atoms with van der Waals surface area (Å²) in [5, 5.41) is 0. The van der Waals surface area contributed by atoms with E-state index >= 15 is 0 Å². The number of benzene rings is 1. The monoisotopic (exact) mass is 267 g/mol. The van der Waals surface area contributed by atoms with Crippen LogP contribution in [0, 0.1) is 0 Å². The first-order chi connectivity index (χ1) is 9.35. The molecule has 1 aromatic rings. The van der Waals surface area contributed by atoms with Crippen LogP contribution in [0.4, 0.5) is 0 Å². The number of nitrogens with one attached hydrogen (secondary N) is 1. The lowest BCUT2D eigenvalue weighted by Crippen LogP contribution is -2.28. The summed E-state index contributed by atoms with van der Waals surface area (Å²) in [6.07, 6.45) is 2.13. The summed E-state index contributed by atoms with van der Waals surface area (Å²) < 4.78 is 16.9. The molecule has 0 saturated carbocycles. The van der Waals surface area contributed by atoms with Gasteiger partial charge in [-0.15, -0.1) is 0 Å². The van der Waals surface area contributed by atoms with Gasteiger partial charge in [0.15, 0.2) is 11.5 Å². The number of methoxy groups -OCH3 is 1. The normalized spacial score (nSPS) is 19.2. The van der Waals surface area contributed by atoms with Crippen LogP contribution in [-0.2, 0) is 16.1 Å². The van der Waals surface area contributed by atoms with Crippen LogP contribution in [0.1, 0.15) is 18.4 Å². The molecule has 1 aliphatic rings. The molecule has 2 rings (SSSR count). The highest BCUT2D eigenvalue weighted by Gasteiger charge is 2.19. The molecule has 0 radical (unpaired) electrons. The summed E-state index contributed by atoms with van der Waals surface area (Å²) in [6.45, 7) is 2.02. The molecule has 1 atom stereocenters. The maximum absolute atomic E-state index is 6.06. The van der Waals surface area contributed by atoms with E-state index in [0.29, 0.717) is 13.2 Å². The number of hydroxylamine groups is 1. The predicted molar refractivity (Wildman–Crippen MR) is 71.3 cm³/mol. The lowest BCUT2D eigenvalue weighted by atomic mass is 10.1. The van der Waals surface area contributed by atoms with Gasteiger partial charge in [0.2, 0.25) is 0 Å². The van der Waals surface area contributed by atoms with Crippen molar-refractivity contribution < 1.29 is 19.0 Å². The van der Waals surface area contributed by atoms with E-state index < -0.39 is 0 Å². The van der Waals surface area contributed by atoms with Crippen molar-refractivity contribution in [2.75, 3.05) is 27.4 Å². The number of hydrogen-bond donors (Lipinski definition) is 1. The average Bonchev–Trinajstić information content (AvgIpc) is 2.47. The smallest absolute Gasteiger partial charge is 0.166 e. The van der Waals surface area contributed by atoms with Crippen molar-refractivity contribution in [1.29, 1.82) is 0 Å². The molecule has 1 unspecified atom stereocenters. The van der Waals surface area contributed by atoms with Gasteiger partial charge < -0.3 is 19.0 Å². The largest absolute Gasteiger partial charge is 0.493 e. The molecule has 1 saturated heterocycles. The standard InChI is InChI=1S/C14H21NO4/c1-16-13-7-3-5-11(9-15-17-2)14(13)19-12-6-4-8-18-10-12/h3,5,7,12,15H,4,6,8-10H2,1-2H3. The Labute approximate surface area is 113 Å². The Morgan fingerprint density at radius 1 is 1.37 bits per heavy atom. The Kier molecular flexibility index (Phi) is 5.44. The van der Waals surface area contributed by atoms with Gasteiger partial charge in [-0.2, -0.15) is 5.48 Å². The summed E-state index contributed by atoms with van der Waals surface area (Å²) in [5.41, 5.74) is 3.83. The molecule has 1 heterocycles. The third-order valence-corrected chi connectivity index (χ3v) is 3.09. The lowest BCUT2D eigenvalue weighted by Gasteiger charge is -2.25. The van der Waals surface area contributed by atoms with Crippen LogP contribution in [0.25, 0.3) is 0 Å². The lowest BCUT2D eigenvalue weighted by molar-refractivity contribution is 0.00549. The number of para-hydroxylation sites is 1. The zero-order valence-electron chi connectivity index (χ0n) is 11.5. The molecule has 0 bridgehead atoms. The van der Waals surface area contributed by atoms with Crippen molar-refractivity contribution in [3.05, 3.63) is 23.8 Å². The number of rotatable bonds is 6. The number of ether oxygens (including phenoxy) is 3. The minimum Gasteiger partial charge on any atom is -0.493 e. The van der Waals surface area contributed by atoms with Gasteiger partial charge in [0.05, 0.1) is 20.8 Å². The van der Waals surface area contributed by atoms with Crippen molar-refractivity contribution >= 4 is 0 Å². The Hall–Kier alpha value is -1.30. The molecule has 0 aliphatic carbocycles. The first-order valence-electron chi connectivity index (χ1n) is 6.51. The quantitative estimate of drug-likeness (QED) is 0.798. The molecule has 0 amide bonds. The molecule has 0 spiro atoms. The summed E-state index contributed by atoms with van der Waals surface area (Å²) in [7, 11) is 3.24. The molecule has 19 heavy (non-hydrogen) atoms. The maximum Gasteiger partial charge on any atom is 0.166 e. The SMILES string of the molecule is CONCc1cccc(OC)c1OC1CCCOC1. The minimum atomic E-state index is 0.0892. The van der Waals surface area contributed by atoms with Gasteiger partial charge >= 0.3 is 0 Å². The highest BCUT2D eigenvalue weighted by molar-refractivity contribution is 5.46. The minimum absolute atomic E-state index is 0.0892. The molecular weight excluding hydrogens is 246 g/mol. The van der Waals surface area contributed by atoms with Crippen LogP contribution in [0.5, 0.6) is 11.5 Å². The molecule has 106 valence electrons. The fourth-order valence-electron chi connectivity index (χ4n) is 2.12. The first-order valence-corrected chi connectivity index (χ1v) is 6.51. The summed E-state index contributed by atoms with van der Waals surface area (Å²) in [6, 6.07) is 5.83. The van der Waals surface area contributed by atoms with E-state index in [1.807, 2.05) is 18.2 Å². The second-order valence-corrected chi connectivity index (χ2v) is 4.43. The van der Waals surface area contributed by atoms with Crippen LogP contribution in [-0.4, -0.2) is 33.5 Å². The summed E-state index contributed by atoms with van der Waals surface area (Å²) in [4.78, 5) is 4.89. The Bertz CT molecular complexity index is 391. The van der Waals surface area contributed by atoms with E-state index in [1.165, 1.54) is 0 Å². The van der Waals surface area contributed by atoms with Gasteiger partial charge in [-0.3, -0.25) is 0 Å². The van der Waals surface area contributed by atoms with Crippen LogP contribution >= 0.6 is 0 Å². The second-order valence-electron chi connectivity index (χ2n) is 4.43. The van der Waals surface area contributed by atoms with Gasteiger partial charge in [-0.25, -0.2) is 0 Å². The van der Waals surface area contributed by atoms with Gasteiger partial charge in [0.25, 0.3) is 0 Å². The van der Waals surface area contributed by atoms with E-state index in [1.54, 1.807) is 14.2 Å². The zero-order valence-corrected chi connectivity index (χ0v) is 11.5. The summed E-state index contributed by atoms with van der Waals surface area (Å²) >= 11 is 0. The summed E-state index contributed by atoms with van der Waals surface area (Å²) in [5.74, 6) is 1.51. The molecule has 1 N–H and O–H groups in total. The van der Waals surface area contributed by atoms with Crippen molar-refractivity contribution in [2.24, 2.45) is 0 Å². The van der Waals surface area contributed by atoms with Gasteiger partial charge in [-0.05, 0) is 18.9 Å². The molecular formula is C14H21NO4. The topological polar surface area (TPSA) is 49.0 Å². The zero-order chi connectivity index (χ0) is 13.5. The molecule has 1 aromatic carbocycles. The highest BCUT2D eigenvalue weighted by Crippen LogP contribution is 2.33. The predicted octanol–water partition coefficient (Wildman–Crippen LogP) is 1.90. The maximum atomic E-state index is 6.06. The fourth-order valence-corrected chi connectivity index (χ4v) is 2.12. The highest BCUT2D eigenvalue weighted by atomic mass is 16.6. The Morgan fingerprint density at radius 3 is 2.95 bits per heavy atom. The molecule has 1 aliphatic heterocycles. The van der Waals surface area contributed by atoms with Gasteiger partial charge in [-0.1, -0.05) is 12.1 Å². The van der Waals surface area contributed by atoms with Crippen LogP contribution in [0.15, 0.2) is 18.2 Å². The number of hydrogen-bond acceptors (Lipinski definition) is 5. The van der Waals surface area contributed by atoms with Gasteiger partial charge in [0.1, 0.15) is 6.10 Å². The van der Waals surface area contributed by atoms with E-state index in [-0.39, 0.29) is 6.10 Å². The van der Waals surface area contributed by atoms with Crippen molar-refractivity contribution in [3.8, 4) is 11.5 Å². The van der Waals surface area contributed by atoms with E-state index in [2.05, 4.69) is 5.48 Å². The average molecular weight is 267 g/mol. The Balaban J connectivity index is 2.14. The van der Waals surface area contributed by atoms with Crippen molar-refractivity contribution in [1.82, 2.24) is 5.48 Å². The van der Waals surface area contributed by atoms with Crippen LogP contribution in [0.3, 0.4) is 0 Å². The van der Waals surface area contributed by atoms with Crippen LogP contribution < -0.4 is 15.0 Å². The second kappa shape index (κ2) is 7.33. The molecule has 5 nitrogen and oxygen atoms in total.